The first-order valence-corrected chi connectivity index (χ1v) is 4.89. The lowest BCUT2D eigenvalue weighted by molar-refractivity contribution is -0.0506. The molecule has 1 aromatic rings. The van der Waals surface area contributed by atoms with Crippen molar-refractivity contribution >= 4 is 40.5 Å². The van der Waals surface area contributed by atoms with Crippen molar-refractivity contribution in [3.63, 3.8) is 0 Å². The van der Waals surface area contributed by atoms with Crippen LogP contribution in [0.4, 0.5) is 8.78 Å². The topological polar surface area (TPSA) is 26.3 Å². The monoisotopic (exact) mass is 332 g/mol. The van der Waals surface area contributed by atoms with Gasteiger partial charge in [-0.1, -0.05) is 11.6 Å². The van der Waals surface area contributed by atoms with Gasteiger partial charge in [0.05, 0.1) is 9.13 Å². The van der Waals surface area contributed by atoms with E-state index in [0.717, 1.165) is 0 Å². The van der Waals surface area contributed by atoms with E-state index in [1.54, 1.807) is 22.6 Å². The molecule has 76 valence electrons. The lowest BCUT2D eigenvalue weighted by Crippen LogP contribution is -2.05. The highest BCUT2D eigenvalue weighted by Crippen LogP contribution is 2.29. The minimum absolute atomic E-state index is 0.0159. The molecule has 0 saturated carbocycles. The van der Waals surface area contributed by atoms with Crippen LogP contribution >= 0.6 is 34.2 Å². The van der Waals surface area contributed by atoms with Crippen LogP contribution in [0, 0.1) is 3.57 Å². The molecule has 0 aromatic heterocycles. The summed E-state index contributed by atoms with van der Waals surface area (Å²) in [7, 11) is 0. The molecule has 0 bridgehead atoms. The van der Waals surface area contributed by atoms with Gasteiger partial charge >= 0.3 is 6.61 Å². The van der Waals surface area contributed by atoms with E-state index in [-0.39, 0.29) is 11.3 Å². The third-order valence-corrected chi connectivity index (χ3v) is 2.39. The molecule has 0 amide bonds. The van der Waals surface area contributed by atoms with E-state index in [1.165, 1.54) is 12.1 Å². The first kappa shape index (κ1) is 11.6. The summed E-state index contributed by atoms with van der Waals surface area (Å²) >= 11 is 7.40. The zero-order valence-electron chi connectivity index (χ0n) is 6.64. The molecule has 14 heavy (non-hydrogen) atoms. The number of rotatable bonds is 3. The zero-order chi connectivity index (χ0) is 10.7. The number of hydrogen-bond donors (Lipinski definition) is 0. The largest absolute Gasteiger partial charge is 0.433 e. The van der Waals surface area contributed by atoms with Crippen LogP contribution in [0.2, 0.25) is 5.02 Å². The minimum atomic E-state index is -2.96. The fourth-order valence-corrected chi connectivity index (χ4v) is 2.07. The molecule has 0 spiro atoms. The molecular weight excluding hydrogens is 328 g/mol. The van der Waals surface area contributed by atoms with E-state index in [0.29, 0.717) is 14.9 Å². The van der Waals surface area contributed by atoms with Crippen LogP contribution in [0.1, 0.15) is 10.4 Å². The second kappa shape index (κ2) is 4.88. The van der Waals surface area contributed by atoms with E-state index in [2.05, 4.69) is 4.74 Å². The van der Waals surface area contributed by atoms with Crippen molar-refractivity contribution in [1.82, 2.24) is 0 Å². The van der Waals surface area contributed by atoms with Crippen LogP contribution in [-0.4, -0.2) is 12.9 Å². The molecule has 6 heteroatoms. The van der Waals surface area contributed by atoms with Crippen LogP contribution in [0.5, 0.6) is 5.75 Å². The second-order valence-electron chi connectivity index (χ2n) is 2.30. The molecule has 0 saturated heterocycles. The lowest BCUT2D eigenvalue weighted by Gasteiger charge is -2.09. The highest BCUT2D eigenvalue weighted by Gasteiger charge is 2.13. The fourth-order valence-electron chi connectivity index (χ4n) is 0.881. The minimum Gasteiger partial charge on any atom is -0.433 e. The first-order chi connectivity index (χ1) is 6.54. The van der Waals surface area contributed by atoms with Gasteiger partial charge in [0.1, 0.15) is 5.75 Å². The Morgan fingerprint density at radius 1 is 1.50 bits per heavy atom. The first-order valence-electron chi connectivity index (χ1n) is 3.43. The zero-order valence-corrected chi connectivity index (χ0v) is 9.55. The summed E-state index contributed by atoms with van der Waals surface area (Å²) in [5.74, 6) is -0.139. The normalized spacial score (nSPS) is 10.4. The third kappa shape index (κ3) is 2.78. The molecule has 0 radical (unpaired) electrons. The van der Waals surface area contributed by atoms with Crippen molar-refractivity contribution in [2.24, 2.45) is 0 Å². The maximum absolute atomic E-state index is 11.9. The van der Waals surface area contributed by atoms with E-state index in [1.807, 2.05) is 0 Å². The van der Waals surface area contributed by atoms with E-state index in [4.69, 9.17) is 11.6 Å². The second-order valence-corrected chi connectivity index (χ2v) is 3.90. The van der Waals surface area contributed by atoms with E-state index < -0.39 is 6.61 Å². The summed E-state index contributed by atoms with van der Waals surface area (Å²) in [4.78, 5) is 10.5. The Hall–Kier alpha value is -0.430. The Labute approximate surface area is 97.3 Å². The van der Waals surface area contributed by atoms with Crippen molar-refractivity contribution in [2.45, 2.75) is 6.61 Å². The van der Waals surface area contributed by atoms with Crippen LogP contribution < -0.4 is 4.74 Å². The fraction of sp³-hybridized carbons (Fsp3) is 0.125. The van der Waals surface area contributed by atoms with Crippen LogP contribution in [-0.2, 0) is 0 Å². The molecule has 0 aliphatic heterocycles. The van der Waals surface area contributed by atoms with Gasteiger partial charge in [-0.2, -0.15) is 8.78 Å². The number of carbonyl (C=O) groups excluding carboxylic acids is 1. The highest BCUT2D eigenvalue weighted by molar-refractivity contribution is 14.1. The number of benzene rings is 1. The number of alkyl halides is 2. The average Bonchev–Trinajstić information content (AvgIpc) is 2.08. The van der Waals surface area contributed by atoms with Crippen LogP contribution in [0.3, 0.4) is 0 Å². The third-order valence-electron chi connectivity index (χ3n) is 1.37. The average molecular weight is 332 g/mol. The Morgan fingerprint density at radius 2 is 2.14 bits per heavy atom. The summed E-state index contributed by atoms with van der Waals surface area (Å²) in [5, 5.41) is 0.304. The number of aldehydes is 1. The molecule has 0 aliphatic rings. The van der Waals surface area contributed by atoms with Crippen LogP contribution in [0.25, 0.3) is 0 Å². The number of halogens is 4. The smallest absolute Gasteiger partial charge is 0.387 e. The Morgan fingerprint density at radius 3 is 2.64 bits per heavy atom. The maximum atomic E-state index is 11.9. The Bertz CT molecular complexity index is 357. The van der Waals surface area contributed by atoms with Crippen molar-refractivity contribution in [2.75, 3.05) is 0 Å². The molecule has 0 heterocycles. The van der Waals surface area contributed by atoms with Gasteiger partial charge in [-0.3, -0.25) is 4.79 Å². The number of carbonyl (C=O) groups is 1. The van der Waals surface area contributed by atoms with Gasteiger partial charge in [0.25, 0.3) is 0 Å². The van der Waals surface area contributed by atoms with Gasteiger partial charge < -0.3 is 4.74 Å². The Balaban J connectivity index is 3.18. The number of ether oxygens (including phenoxy) is 1. The molecule has 0 fully saturated rings. The molecular formula is C8H4ClF2IO2. The summed E-state index contributed by atoms with van der Waals surface area (Å²) in [6.07, 6.45) is 0.422. The summed E-state index contributed by atoms with van der Waals surface area (Å²) in [6, 6.07) is 2.71. The van der Waals surface area contributed by atoms with Gasteiger partial charge in [0, 0.05) is 5.02 Å². The SMILES string of the molecule is O=Cc1cc(Cl)cc(I)c1OC(F)F. The lowest BCUT2D eigenvalue weighted by atomic mass is 10.2. The van der Waals surface area contributed by atoms with Gasteiger partial charge in [-0.15, -0.1) is 0 Å². The van der Waals surface area contributed by atoms with Gasteiger partial charge in [0.15, 0.2) is 6.29 Å². The number of hydrogen-bond acceptors (Lipinski definition) is 2. The highest BCUT2D eigenvalue weighted by atomic mass is 127. The summed E-state index contributed by atoms with van der Waals surface area (Å²) in [5.41, 5.74) is 0.0159. The molecule has 1 aromatic carbocycles. The van der Waals surface area contributed by atoms with Gasteiger partial charge in [-0.25, -0.2) is 0 Å². The summed E-state index contributed by atoms with van der Waals surface area (Å²) in [6.45, 7) is -2.96. The predicted octanol–water partition coefficient (Wildman–Crippen LogP) is 3.36. The molecule has 0 N–H and O–H groups in total. The van der Waals surface area contributed by atoms with E-state index >= 15 is 0 Å². The maximum Gasteiger partial charge on any atom is 0.387 e. The Kier molecular flexibility index (Phi) is 4.06. The molecule has 0 atom stereocenters. The van der Waals surface area contributed by atoms with Crippen molar-refractivity contribution in [3.8, 4) is 5.75 Å². The molecule has 0 unspecified atom stereocenters. The van der Waals surface area contributed by atoms with Gasteiger partial charge in [0.2, 0.25) is 0 Å². The molecule has 2 nitrogen and oxygen atoms in total. The van der Waals surface area contributed by atoms with Crippen molar-refractivity contribution in [1.29, 1.82) is 0 Å². The standard InChI is InChI=1S/C8H4ClF2IO2/c9-5-1-4(3-13)7(6(12)2-5)14-8(10)11/h1-3,8H. The molecule has 1 rings (SSSR count). The van der Waals surface area contributed by atoms with E-state index in [9.17, 15) is 13.6 Å². The van der Waals surface area contributed by atoms with Gasteiger partial charge in [-0.05, 0) is 34.7 Å². The summed E-state index contributed by atoms with van der Waals surface area (Å²) < 4.78 is 28.4. The van der Waals surface area contributed by atoms with Crippen molar-refractivity contribution < 1.29 is 18.3 Å². The quantitative estimate of drug-likeness (QED) is 0.627. The van der Waals surface area contributed by atoms with Crippen molar-refractivity contribution in [3.05, 3.63) is 26.3 Å². The molecule has 0 aliphatic carbocycles. The predicted molar refractivity (Wildman–Crippen MR) is 56.2 cm³/mol. The van der Waals surface area contributed by atoms with Crippen LogP contribution in [0.15, 0.2) is 12.1 Å².